The van der Waals surface area contributed by atoms with Gasteiger partial charge in [-0.1, -0.05) is 36.4 Å². The molecular weight excluding hydrogens is 312 g/mol. The van der Waals surface area contributed by atoms with Crippen molar-refractivity contribution in [1.29, 1.82) is 0 Å². The van der Waals surface area contributed by atoms with Crippen LogP contribution in [0.3, 0.4) is 0 Å². The molecule has 0 fully saturated rings. The lowest BCUT2D eigenvalue weighted by Gasteiger charge is -2.01. The van der Waals surface area contributed by atoms with Crippen LogP contribution in [0.2, 0.25) is 0 Å². The summed E-state index contributed by atoms with van der Waals surface area (Å²) in [5.41, 5.74) is 3.79. The van der Waals surface area contributed by atoms with Gasteiger partial charge in [-0.25, -0.2) is 4.79 Å². The molecule has 5 rings (SSSR count). The number of fused-ring (bicyclic) bond motifs is 2. The Morgan fingerprint density at radius 2 is 1.52 bits per heavy atom. The summed E-state index contributed by atoms with van der Waals surface area (Å²) in [6.45, 7) is 0. The molecule has 25 heavy (non-hydrogen) atoms. The summed E-state index contributed by atoms with van der Waals surface area (Å²) < 4.78 is 5.42. The van der Waals surface area contributed by atoms with Crippen molar-refractivity contribution in [1.82, 2.24) is 18.7 Å². The molecule has 122 valence electrons. The molecule has 0 aliphatic rings. The van der Waals surface area contributed by atoms with E-state index in [1.165, 1.54) is 0 Å². The first kappa shape index (κ1) is 13.9. The van der Waals surface area contributed by atoms with E-state index in [0.717, 1.165) is 33.2 Å². The highest BCUT2D eigenvalue weighted by Gasteiger charge is 2.14. The fourth-order valence-electron chi connectivity index (χ4n) is 3.51. The van der Waals surface area contributed by atoms with Crippen LogP contribution in [0.4, 0.5) is 0 Å². The standard InChI is InChI=1S/C20H16N4O/c1-22-13-19(15-7-3-5-9-17(15)22)24-11-10-23(20(24)25)18-12-21-16-8-4-2-6-14(16)18/h2-13,21H,1H3. The maximum atomic E-state index is 13.1. The predicted octanol–water partition coefficient (Wildman–Crippen LogP) is 3.60. The van der Waals surface area contributed by atoms with Crippen LogP contribution >= 0.6 is 0 Å². The largest absolute Gasteiger partial charge is 0.359 e. The third-order valence-electron chi connectivity index (χ3n) is 4.74. The number of H-pyrrole nitrogens is 1. The van der Waals surface area contributed by atoms with Crippen molar-refractivity contribution in [2.24, 2.45) is 7.05 Å². The van der Waals surface area contributed by atoms with Gasteiger partial charge in [-0.3, -0.25) is 9.13 Å². The summed E-state index contributed by atoms with van der Waals surface area (Å²) in [6.07, 6.45) is 7.51. The number of hydrogen-bond acceptors (Lipinski definition) is 1. The van der Waals surface area contributed by atoms with E-state index in [9.17, 15) is 4.79 Å². The monoisotopic (exact) mass is 328 g/mol. The van der Waals surface area contributed by atoms with Crippen LogP contribution in [0.5, 0.6) is 0 Å². The lowest BCUT2D eigenvalue weighted by atomic mass is 10.2. The zero-order chi connectivity index (χ0) is 17.0. The number of nitrogens with zero attached hydrogens (tertiary/aromatic N) is 3. The average Bonchev–Trinajstić information content (AvgIpc) is 3.31. The van der Waals surface area contributed by atoms with E-state index < -0.39 is 0 Å². The molecule has 0 atom stereocenters. The van der Waals surface area contributed by atoms with Gasteiger partial charge in [0, 0.05) is 53.6 Å². The Kier molecular flexibility index (Phi) is 2.79. The van der Waals surface area contributed by atoms with E-state index in [-0.39, 0.29) is 5.69 Å². The highest BCUT2D eigenvalue weighted by Crippen LogP contribution is 2.24. The van der Waals surface area contributed by atoms with Crippen molar-refractivity contribution in [3.05, 3.63) is 83.8 Å². The lowest BCUT2D eigenvalue weighted by molar-refractivity contribution is 0.901. The van der Waals surface area contributed by atoms with Crippen LogP contribution in [-0.4, -0.2) is 18.7 Å². The minimum atomic E-state index is -0.0823. The van der Waals surface area contributed by atoms with E-state index in [2.05, 4.69) is 11.1 Å². The third kappa shape index (κ3) is 1.92. The topological polar surface area (TPSA) is 47.6 Å². The molecule has 0 bridgehead atoms. The second-order valence-corrected chi connectivity index (χ2v) is 6.18. The van der Waals surface area contributed by atoms with Crippen molar-refractivity contribution in [2.75, 3.05) is 0 Å². The first-order chi connectivity index (χ1) is 12.2. The highest BCUT2D eigenvalue weighted by molar-refractivity contribution is 5.89. The molecule has 5 aromatic rings. The molecular formula is C20H16N4O. The van der Waals surface area contributed by atoms with E-state index in [1.54, 1.807) is 9.13 Å². The zero-order valence-corrected chi connectivity index (χ0v) is 13.7. The van der Waals surface area contributed by atoms with E-state index in [0.29, 0.717) is 0 Å². The van der Waals surface area contributed by atoms with Crippen LogP contribution < -0.4 is 5.69 Å². The van der Waals surface area contributed by atoms with Gasteiger partial charge in [0.25, 0.3) is 0 Å². The maximum Gasteiger partial charge on any atom is 0.337 e. The fraction of sp³-hybridized carbons (Fsp3) is 0.0500. The minimum Gasteiger partial charge on any atom is -0.359 e. The molecule has 0 amide bonds. The number of aryl methyl sites for hydroxylation is 1. The van der Waals surface area contributed by atoms with Crippen LogP contribution in [-0.2, 0) is 7.05 Å². The van der Waals surface area contributed by atoms with Gasteiger partial charge in [-0.15, -0.1) is 0 Å². The summed E-state index contributed by atoms with van der Waals surface area (Å²) in [5.74, 6) is 0. The molecule has 0 unspecified atom stereocenters. The molecule has 5 heteroatoms. The number of aromatic amines is 1. The van der Waals surface area contributed by atoms with Crippen molar-refractivity contribution in [3.8, 4) is 11.4 Å². The minimum absolute atomic E-state index is 0.0823. The smallest absolute Gasteiger partial charge is 0.337 e. The number of aromatic nitrogens is 4. The molecule has 0 aliphatic heterocycles. The van der Waals surface area contributed by atoms with Gasteiger partial charge >= 0.3 is 5.69 Å². The molecule has 3 heterocycles. The first-order valence-corrected chi connectivity index (χ1v) is 8.15. The summed E-state index contributed by atoms with van der Waals surface area (Å²) >= 11 is 0. The SMILES string of the molecule is Cn1cc(-n2ccn(-c3c[nH]c4ccccc34)c2=O)c2ccccc21. The Morgan fingerprint density at radius 1 is 0.840 bits per heavy atom. The summed E-state index contributed by atoms with van der Waals surface area (Å²) in [6, 6.07) is 16.1. The Bertz CT molecular complexity index is 1280. The number of imidazole rings is 1. The van der Waals surface area contributed by atoms with Crippen molar-refractivity contribution < 1.29 is 0 Å². The Balaban J connectivity index is 1.74. The highest BCUT2D eigenvalue weighted by atomic mass is 16.1. The molecule has 1 N–H and O–H groups in total. The Hall–Kier alpha value is -3.47. The van der Waals surface area contributed by atoms with Gasteiger partial charge in [0.05, 0.1) is 11.4 Å². The predicted molar refractivity (Wildman–Crippen MR) is 99.7 cm³/mol. The molecule has 0 saturated heterocycles. The van der Waals surface area contributed by atoms with E-state index in [1.807, 2.05) is 78.9 Å². The normalized spacial score (nSPS) is 11.6. The number of hydrogen-bond donors (Lipinski definition) is 1. The quantitative estimate of drug-likeness (QED) is 0.529. The average molecular weight is 328 g/mol. The summed E-state index contributed by atoms with van der Waals surface area (Å²) in [5, 5.41) is 2.09. The third-order valence-corrected chi connectivity index (χ3v) is 4.74. The van der Waals surface area contributed by atoms with E-state index in [4.69, 9.17) is 0 Å². The fourth-order valence-corrected chi connectivity index (χ4v) is 3.51. The molecule has 0 radical (unpaired) electrons. The van der Waals surface area contributed by atoms with Gasteiger partial charge < -0.3 is 9.55 Å². The van der Waals surface area contributed by atoms with E-state index >= 15 is 0 Å². The Labute approximate surface area is 143 Å². The Morgan fingerprint density at radius 3 is 2.36 bits per heavy atom. The van der Waals surface area contributed by atoms with Crippen LogP contribution in [0.25, 0.3) is 33.2 Å². The molecule has 3 aromatic heterocycles. The molecule has 0 saturated carbocycles. The zero-order valence-electron chi connectivity index (χ0n) is 13.7. The van der Waals surface area contributed by atoms with Gasteiger partial charge in [-0.05, 0) is 12.1 Å². The molecule has 5 nitrogen and oxygen atoms in total. The van der Waals surface area contributed by atoms with Crippen LogP contribution in [0, 0.1) is 0 Å². The molecule has 0 spiro atoms. The number of benzene rings is 2. The lowest BCUT2D eigenvalue weighted by Crippen LogP contribution is -2.21. The van der Waals surface area contributed by atoms with Crippen molar-refractivity contribution in [3.63, 3.8) is 0 Å². The molecule has 0 aliphatic carbocycles. The van der Waals surface area contributed by atoms with Gasteiger partial charge in [-0.2, -0.15) is 0 Å². The number of nitrogens with one attached hydrogen (secondary N) is 1. The van der Waals surface area contributed by atoms with Crippen LogP contribution in [0.15, 0.2) is 78.1 Å². The van der Waals surface area contributed by atoms with Crippen molar-refractivity contribution in [2.45, 2.75) is 0 Å². The van der Waals surface area contributed by atoms with Crippen molar-refractivity contribution >= 4 is 21.8 Å². The maximum absolute atomic E-state index is 13.1. The molecule has 2 aromatic carbocycles. The second kappa shape index (κ2) is 5.01. The van der Waals surface area contributed by atoms with Crippen LogP contribution in [0.1, 0.15) is 0 Å². The second-order valence-electron chi connectivity index (χ2n) is 6.18. The summed E-state index contributed by atoms with van der Waals surface area (Å²) in [4.78, 5) is 16.3. The van der Waals surface area contributed by atoms with Gasteiger partial charge in [0.2, 0.25) is 0 Å². The van der Waals surface area contributed by atoms with Gasteiger partial charge in [0.15, 0.2) is 0 Å². The number of rotatable bonds is 2. The first-order valence-electron chi connectivity index (χ1n) is 8.15. The summed E-state index contributed by atoms with van der Waals surface area (Å²) in [7, 11) is 1.99. The van der Waals surface area contributed by atoms with Gasteiger partial charge in [0.1, 0.15) is 0 Å². The number of para-hydroxylation sites is 2.